The zero-order valence-corrected chi connectivity index (χ0v) is 24.4. The molecule has 3 aromatic rings. The van der Waals surface area contributed by atoms with Crippen molar-refractivity contribution in [1.29, 1.82) is 0 Å². The number of para-hydroxylation sites is 1. The fraction of sp³-hybridized carbons (Fsp3) is 0.375. The molecule has 0 aromatic heterocycles. The Labute approximate surface area is 245 Å². The van der Waals surface area contributed by atoms with Crippen molar-refractivity contribution in [3.63, 3.8) is 0 Å². The van der Waals surface area contributed by atoms with Gasteiger partial charge in [-0.15, -0.1) is 0 Å². The van der Waals surface area contributed by atoms with E-state index in [-0.39, 0.29) is 31.5 Å². The van der Waals surface area contributed by atoms with Gasteiger partial charge in [-0.2, -0.15) is 0 Å². The predicted octanol–water partition coefficient (Wildman–Crippen LogP) is 3.75. The second-order valence-electron chi connectivity index (χ2n) is 9.94. The minimum absolute atomic E-state index is 0.143. The number of ether oxygens (including phenoxy) is 6. The number of nitrogens with zero attached hydrogens (tertiary/aromatic N) is 2. The molecule has 0 saturated carbocycles. The molecule has 10 nitrogen and oxygen atoms in total. The fourth-order valence-electron chi connectivity index (χ4n) is 5.55. The van der Waals surface area contributed by atoms with Gasteiger partial charge in [0.25, 0.3) is 5.91 Å². The lowest BCUT2D eigenvalue weighted by molar-refractivity contribution is -0.134. The number of fused-ring (bicyclic) bond motifs is 11. The molecule has 0 N–H and O–H groups in total. The Hall–Kier alpha value is -4.44. The second-order valence-corrected chi connectivity index (χ2v) is 9.94. The van der Waals surface area contributed by atoms with Crippen LogP contribution in [0.25, 0.3) is 0 Å². The SMILES string of the molecule is COc1cc2c(cc1OC)C1c3ccc(cc3)OCCOCCN(C(=O)c3cccc(OC)c3OC)CC(=O)N1CC2. The van der Waals surface area contributed by atoms with Gasteiger partial charge in [-0.25, -0.2) is 0 Å². The van der Waals surface area contributed by atoms with E-state index in [0.717, 1.165) is 16.7 Å². The molecule has 0 radical (unpaired) electrons. The number of hydrogen-bond acceptors (Lipinski definition) is 8. The molecule has 1 unspecified atom stereocenters. The van der Waals surface area contributed by atoms with Gasteiger partial charge in [0.2, 0.25) is 5.91 Å². The number of benzene rings is 3. The molecule has 2 bridgehead atoms. The third kappa shape index (κ3) is 5.80. The van der Waals surface area contributed by atoms with Crippen LogP contribution in [0.1, 0.15) is 33.1 Å². The molecule has 0 saturated heterocycles. The van der Waals surface area contributed by atoms with Gasteiger partial charge >= 0.3 is 0 Å². The zero-order chi connectivity index (χ0) is 29.6. The lowest BCUT2D eigenvalue weighted by atomic mass is 9.87. The minimum atomic E-state index is -0.403. The maximum absolute atomic E-state index is 14.2. The summed E-state index contributed by atoms with van der Waals surface area (Å²) in [5, 5.41) is 0. The van der Waals surface area contributed by atoms with Crippen molar-refractivity contribution in [1.82, 2.24) is 9.80 Å². The summed E-state index contributed by atoms with van der Waals surface area (Å²) in [5.74, 6) is 2.13. The minimum Gasteiger partial charge on any atom is -0.493 e. The smallest absolute Gasteiger partial charge is 0.258 e. The van der Waals surface area contributed by atoms with Crippen LogP contribution in [0.3, 0.4) is 0 Å². The molecule has 0 fully saturated rings. The highest BCUT2D eigenvalue weighted by Crippen LogP contribution is 2.41. The maximum atomic E-state index is 14.2. The molecule has 1 atom stereocenters. The van der Waals surface area contributed by atoms with E-state index in [0.29, 0.717) is 60.5 Å². The topological polar surface area (TPSA) is 96.0 Å². The van der Waals surface area contributed by atoms with Gasteiger partial charge in [-0.1, -0.05) is 18.2 Å². The Bertz CT molecular complexity index is 1420. The zero-order valence-electron chi connectivity index (χ0n) is 24.4. The number of rotatable bonds is 5. The van der Waals surface area contributed by atoms with Crippen molar-refractivity contribution in [2.24, 2.45) is 0 Å². The first kappa shape index (κ1) is 29.1. The standard InChI is InChI=1S/C32H36N2O8/c1-37-26-7-5-6-24(31(26)40-4)32(36)33-14-15-41-16-17-42-23-10-8-21(9-11-23)30-25-19-28(39-3)27(38-2)18-22(25)12-13-34(30)29(35)20-33/h5-11,18-19,30H,12-17,20H2,1-4H3. The highest BCUT2D eigenvalue weighted by atomic mass is 16.5. The van der Waals surface area contributed by atoms with Gasteiger partial charge in [0, 0.05) is 13.1 Å². The summed E-state index contributed by atoms with van der Waals surface area (Å²) in [6.45, 7) is 1.45. The van der Waals surface area contributed by atoms with Gasteiger partial charge in [0.1, 0.15) is 18.9 Å². The van der Waals surface area contributed by atoms with E-state index in [2.05, 4.69) is 0 Å². The van der Waals surface area contributed by atoms with Crippen molar-refractivity contribution >= 4 is 11.8 Å². The molecule has 6 rings (SSSR count). The largest absolute Gasteiger partial charge is 0.493 e. The normalized spacial score (nSPS) is 17.2. The Balaban J connectivity index is 1.55. The van der Waals surface area contributed by atoms with Crippen LogP contribution in [-0.4, -0.2) is 89.5 Å². The number of amides is 2. The molecule has 2 amide bonds. The van der Waals surface area contributed by atoms with Crippen molar-refractivity contribution < 1.29 is 38.0 Å². The molecule has 10 heteroatoms. The van der Waals surface area contributed by atoms with Crippen molar-refractivity contribution in [2.45, 2.75) is 12.5 Å². The highest BCUT2D eigenvalue weighted by Gasteiger charge is 2.35. The van der Waals surface area contributed by atoms with Crippen molar-refractivity contribution in [3.05, 3.63) is 76.9 Å². The Kier molecular flexibility index (Phi) is 9.02. The average Bonchev–Trinajstić information content (AvgIpc) is 3.04. The third-order valence-electron chi connectivity index (χ3n) is 7.64. The molecular weight excluding hydrogens is 540 g/mol. The Morgan fingerprint density at radius 3 is 2.29 bits per heavy atom. The van der Waals surface area contributed by atoms with E-state index in [9.17, 15) is 9.59 Å². The number of methoxy groups -OCH3 is 4. The fourth-order valence-corrected chi connectivity index (χ4v) is 5.55. The number of carbonyl (C=O) groups excluding carboxylic acids is 2. The van der Waals surface area contributed by atoms with E-state index in [1.54, 1.807) is 32.4 Å². The van der Waals surface area contributed by atoms with Crippen molar-refractivity contribution in [3.8, 4) is 28.7 Å². The second kappa shape index (κ2) is 13.0. The summed E-state index contributed by atoms with van der Waals surface area (Å²) in [4.78, 5) is 31.4. The predicted molar refractivity (Wildman–Crippen MR) is 155 cm³/mol. The molecule has 3 aliphatic rings. The summed E-state index contributed by atoms with van der Waals surface area (Å²) in [6, 6.07) is 16.4. The summed E-state index contributed by atoms with van der Waals surface area (Å²) in [7, 11) is 6.20. The molecule has 222 valence electrons. The van der Waals surface area contributed by atoms with E-state index in [1.165, 1.54) is 19.1 Å². The average molecular weight is 577 g/mol. The van der Waals surface area contributed by atoms with Gasteiger partial charge in [-0.3, -0.25) is 9.59 Å². The molecule has 0 spiro atoms. The molecule has 3 aromatic carbocycles. The molecular formula is C32H36N2O8. The molecule has 42 heavy (non-hydrogen) atoms. The van der Waals surface area contributed by atoms with Crippen LogP contribution >= 0.6 is 0 Å². The maximum Gasteiger partial charge on any atom is 0.258 e. The summed E-state index contributed by atoms with van der Waals surface area (Å²) in [5.41, 5.74) is 3.24. The summed E-state index contributed by atoms with van der Waals surface area (Å²) in [6.07, 6.45) is 0.625. The van der Waals surface area contributed by atoms with Crippen LogP contribution in [-0.2, 0) is 16.0 Å². The third-order valence-corrected chi connectivity index (χ3v) is 7.64. The van der Waals surface area contributed by atoms with Crippen molar-refractivity contribution in [2.75, 3.05) is 67.9 Å². The Morgan fingerprint density at radius 1 is 0.833 bits per heavy atom. The van der Waals surface area contributed by atoms with E-state index in [1.807, 2.05) is 41.3 Å². The lowest BCUT2D eigenvalue weighted by Gasteiger charge is -2.39. The van der Waals surface area contributed by atoms with Gasteiger partial charge in [0.05, 0.1) is 53.3 Å². The Morgan fingerprint density at radius 2 is 1.57 bits per heavy atom. The monoisotopic (exact) mass is 576 g/mol. The molecule has 3 aliphatic heterocycles. The lowest BCUT2D eigenvalue weighted by Crippen LogP contribution is -2.47. The van der Waals surface area contributed by atoms with E-state index < -0.39 is 6.04 Å². The number of carbonyl (C=O) groups is 2. The summed E-state index contributed by atoms with van der Waals surface area (Å²) < 4.78 is 33.8. The van der Waals surface area contributed by atoms with Crippen LogP contribution in [0.5, 0.6) is 28.7 Å². The van der Waals surface area contributed by atoms with Gasteiger partial charge in [0.15, 0.2) is 23.0 Å². The van der Waals surface area contributed by atoms with Crippen LogP contribution in [0, 0.1) is 0 Å². The van der Waals surface area contributed by atoms with E-state index >= 15 is 0 Å². The quantitative estimate of drug-likeness (QED) is 0.424. The first-order chi connectivity index (χ1) is 20.5. The number of hydrogen-bond donors (Lipinski definition) is 0. The summed E-state index contributed by atoms with van der Waals surface area (Å²) >= 11 is 0. The van der Waals surface area contributed by atoms with Crippen LogP contribution in [0.2, 0.25) is 0 Å². The molecule has 3 heterocycles. The molecule has 0 aliphatic carbocycles. The van der Waals surface area contributed by atoms with Crippen LogP contribution < -0.4 is 23.7 Å². The first-order valence-corrected chi connectivity index (χ1v) is 13.8. The van der Waals surface area contributed by atoms with E-state index in [4.69, 9.17) is 28.4 Å². The van der Waals surface area contributed by atoms with Crippen LogP contribution in [0.15, 0.2) is 54.6 Å². The van der Waals surface area contributed by atoms with Gasteiger partial charge < -0.3 is 38.2 Å². The first-order valence-electron chi connectivity index (χ1n) is 13.8. The van der Waals surface area contributed by atoms with Crippen LogP contribution in [0.4, 0.5) is 0 Å². The van der Waals surface area contributed by atoms with Gasteiger partial charge in [-0.05, 0) is 59.5 Å². The highest BCUT2D eigenvalue weighted by molar-refractivity contribution is 5.99.